The van der Waals surface area contributed by atoms with Crippen molar-refractivity contribution in [2.45, 2.75) is 20.4 Å². The fourth-order valence-corrected chi connectivity index (χ4v) is 1.69. The fourth-order valence-electron chi connectivity index (χ4n) is 1.69. The van der Waals surface area contributed by atoms with E-state index in [4.69, 9.17) is 5.73 Å². The number of carbonyl (C=O) groups excluding carboxylic acids is 1. The number of aryl methyl sites for hydroxylation is 2. The molecule has 0 atom stereocenters. The highest BCUT2D eigenvalue weighted by atomic mass is 16.1. The van der Waals surface area contributed by atoms with Crippen molar-refractivity contribution in [1.82, 2.24) is 9.55 Å². The Hall–Kier alpha value is -2.30. The molecule has 0 saturated carbocycles. The van der Waals surface area contributed by atoms with Gasteiger partial charge in [0.05, 0.1) is 0 Å². The van der Waals surface area contributed by atoms with E-state index in [1.165, 1.54) is 0 Å². The van der Waals surface area contributed by atoms with Crippen LogP contribution in [0.1, 0.15) is 11.4 Å². The highest BCUT2D eigenvalue weighted by molar-refractivity contribution is 5.91. The molecule has 1 amide bonds. The lowest BCUT2D eigenvalue weighted by atomic mass is 10.2. The van der Waals surface area contributed by atoms with Crippen molar-refractivity contribution in [3.63, 3.8) is 0 Å². The number of carbonyl (C=O) groups is 1. The van der Waals surface area contributed by atoms with Crippen molar-refractivity contribution < 1.29 is 4.79 Å². The van der Waals surface area contributed by atoms with E-state index < -0.39 is 0 Å². The molecular weight excluding hydrogens is 228 g/mol. The summed E-state index contributed by atoms with van der Waals surface area (Å²) >= 11 is 0. The average molecular weight is 244 g/mol. The van der Waals surface area contributed by atoms with Gasteiger partial charge in [-0.25, -0.2) is 4.98 Å². The van der Waals surface area contributed by atoms with Crippen LogP contribution in [0.4, 0.5) is 11.4 Å². The molecule has 3 N–H and O–H groups in total. The molecule has 0 aliphatic heterocycles. The highest BCUT2D eigenvalue weighted by Crippen LogP contribution is 2.18. The maximum absolute atomic E-state index is 11.9. The molecule has 0 bridgehead atoms. The molecule has 0 aliphatic rings. The summed E-state index contributed by atoms with van der Waals surface area (Å²) in [7, 11) is 0. The Bertz CT molecular complexity index is 574. The number of aromatic nitrogens is 2. The molecule has 0 aliphatic carbocycles. The van der Waals surface area contributed by atoms with E-state index in [0.717, 1.165) is 17.1 Å². The Kier molecular flexibility index (Phi) is 3.32. The first-order valence-electron chi connectivity index (χ1n) is 5.70. The van der Waals surface area contributed by atoms with Gasteiger partial charge in [0.1, 0.15) is 12.4 Å². The van der Waals surface area contributed by atoms with Crippen LogP contribution in [0.3, 0.4) is 0 Å². The fraction of sp³-hybridized carbons (Fsp3) is 0.231. The first-order valence-corrected chi connectivity index (χ1v) is 5.70. The lowest BCUT2D eigenvalue weighted by Gasteiger charge is -2.10. The molecule has 0 spiro atoms. The molecule has 5 nitrogen and oxygen atoms in total. The predicted molar refractivity (Wildman–Crippen MR) is 71.2 cm³/mol. The predicted octanol–water partition coefficient (Wildman–Crippen LogP) is 1.72. The Morgan fingerprint density at radius 2 is 2.22 bits per heavy atom. The summed E-state index contributed by atoms with van der Waals surface area (Å²) in [6.07, 6.45) is 3.45. The Balaban J connectivity index is 2.08. The van der Waals surface area contributed by atoms with E-state index in [-0.39, 0.29) is 12.5 Å². The van der Waals surface area contributed by atoms with Crippen LogP contribution in [0.25, 0.3) is 0 Å². The van der Waals surface area contributed by atoms with Gasteiger partial charge in [-0.3, -0.25) is 4.79 Å². The van der Waals surface area contributed by atoms with Crippen LogP contribution in [0, 0.1) is 13.8 Å². The normalized spacial score (nSPS) is 10.3. The minimum absolute atomic E-state index is 0.0928. The quantitative estimate of drug-likeness (QED) is 0.807. The molecule has 0 radical (unpaired) electrons. The largest absolute Gasteiger partial charge is 0.399 e. The van der Waals surface area contributed by atoms with Gasteiger partial charge in [-0.15, -0.1) is 0 Å². The number of benzene rings is 1. The van der Waals surface area contributed by atoms with Crippen LogP contribution in [0.2, 0.25) is 0 Å². The molecule has 0 saturated heterocycles. The average Bonchev–Trinajstić information content (AvgIpc) is 2.70. The third-order valence-corrected chi connectivity index (χ3v) is 2.77. The zero-order chi connectivity index (χ0) is 13.1. The van der Waals surface area contributed by atoms with E-state index in [9.17, 15) is 4.79 Å². The summed E-state index contributed by atoms with van der Waals surface area (Å²) in [6.45, 7) is 4.04. The minimum atomic E-state index is -0.0928. The lowest BCUT2D eigenvalue weighted by molar-refractivity contribution is -0.116. The summed E-state index contributed by atoms with van der Waals surface area (Å²) in [5.41, 5.74) is 8.06. The van der Waals surface area contributed by atoms with Crippen LogP contribution in [0.15, 0.2) is 30.6 Å². The number of rotatable bonds is 3. The second-order valence-electron chi connectivity index (χ2n) is 4.22. The summed E-state index contributed by atoms with van der Waals surface area (Å²) in [4.78, 5) is 16.0. The first kappa shape index (κ1) is 12.2. The van der Waals surface area contributed by atoms with E-state index in [0.29, 0.717) is 5.69 Å². The van der Waals surface area contributed by atoms with Crippen molar-refractivity contribution in [3.05, 3.63) is 42.0 Å². The van der Waals surface area contributed by atoms with E-state index in [1.54, 1.807) is 23.0 Å². The zero-order valence-corrected chi connectivity index (χ0v) is 10.5. The number of amides is 1. The van der Waals surface area contributed by atoms with Gasteiger partial charge in [-0.2, -0.15) is 0 Å². The molecule has 18 heavy (non-hydrogen) atoms. The van der Waals surface area contributed by atoms with Gasteiger partial charge in [-0.05, 0) is 31.5 Å². The van der Waals surface area contributed by atoms with Crippen LogP contribution >= 0.6 is 0 Å². The second kappa shape index (κ2) is 4.91. The zero-order valence-electron chi connectivity index (χ0n) is 10.5. The lowest BCUT2D eigenvalue weighted by Crippen LogP contribution is -2.19. The number of imidazole rings is 1. The van der Waals surface area contributed by atoms with Gasteiger partial charge >= 0.3 is 0 Å². The number of anilines is 2. The smallest absolute Gasteiger partial charge is 0.244 e. The molecule has 0 unspecified atom stereocenters. The maximum Gasteiger partial charge on any atom is 0.244 e. The SMILES string of the molecule is Cc1ccc(N)cc1NC(=O)Cn1ccnc1C. The van der Waals surface area contributed by atoms with E-state index in [2.05, 4.69) is 10.3 Å². The monoisotopic (exact) mass is 244 g/mol. The van der Waals surface area contributed by atoms with Gasteiger partial charge in [-0.1, -0.05) is 6.07 Å². The molecule has 2 aromatic rings. The van der Waals surface area contributed by atoms with Crippen molar-refractivity contribution in [2.75, 3.05) is 11.1 Å². The summed E-state index contributed by atoms with van der Waals surface area (Å²) < 4.78 is 1.79. The molecule has 1 heterocycles. The minimum Gasteiger partial charge on any atom is -0.399 e. The molecule has 1 aromatic heterocycles. The van der Waals surface area contributed by atoms with Gasteiger partial charge in [0, 0.05) is 23.8 Å². The Labute approximate surface area is 106 Å². The maximum atomic E-state index is 11.9. The highest BCUT2D eigenvalue weighted by Gasteiger charge is 2.07. The number of nitrogens with two attached hydrogens (primary N) is 1. The van der Waals surface area contributed by atoms with Crippen LogP contribution in [-0.4, -0.2) is 15.5 Å². The Morgan fingerprint density at radius 1 is 1.44 bits per heavy atom. The summed E-state index contributed by atoms with van der Waals surface area (Å²) in [5, 5.41) is 2.85. The van der Waals surface area contributed by atoms with Gasteiger partial charge in [0.2, 0.25) is 5.91 Å². The van der Waals surface area contributed by atoms with Crippen molar-refractivity contribution in [1.29, 1.82) is 0 Å². The molecular formula is C13H16N4O. The standard InChI is InChI=1S/C13H16N4O/c1-9-3-4-11(14)7-12(9)16-13(18)8-17-6-5-15-10(17)2/h3-7H,8,14H2,1-2H3,(H,16,18). The summed E-state index contributed by atoms with van der Waals surface area (Å²) in [5.74, 6) is 0.722. The summed E-state index contributed by atoms with van der Waals surface area (Å²) in [6, 6.07) is 5.45. The van der Waals surface area contributed by atoms with Gasteiger partial charge in [0.15, 0.2) is 0 Å². The van der Waals surface area contributed by atoms with Crippen molar-refractivity contribution in [3.8, 4) is 0 Å². The van der Waals surface area contributed by atoms with Crippen molar-refractivity contribution in [2.24, 2.45) is 0 Å². The third kappa shape index (κ3) is 2.68. The van der Waals surface area contributed by atoms with E-state index >= 15 is 0 Å². The molecule has 1 aromatic carbocycles. The first-order chi connectivity index (χ1) is 8.56. The third-order valence-electron chi connectivity index (χ3n) is 2.77. The number of hydrogen-bond donors (Lipinski definition) is 2. The number of hydrogen-bond acceptors (Lipinski definition) is 3. The van der Waals surface area contributed by atoms with E-state index in [1.807, 2.05) is 26.0 Å². The molecule has 0 fully saturated rings. The Morgan fingerprint density at radius 3 is 2.89 bits per heavy atom. The van der Waals surface area contributed by atoms with Crippen molar-refractivity contribution >= 4 is 17.3 Å². The number of nitrogens with zero attached hydrogens (tertiary/aromatic N) is 2. The second-order valence-corrected chi connectivity index (χ2v) is 4.22. The van der Waals surface area contributed by atoms with Crippen LogP contribution in [-0.2, 0) is 11.3 Å². The van der Waals surface area contributed by atoms with Crippen LogP contribution in [0.5, 0.6) is 0 Å². The number of nitrogens with one attached hydrogen (secondary N) is 1. The van der Waals surface area contributed by atoms with Crippen LogP contribution < -0.4 is 11.1 Å². The van der Waals surface area contributed by atoms with Gasteiger partial charge in [0.25, 0.3) is 0 Å². The number of nitrogen functional groups attached to an aromatic ring is 1. The molecule has 94 valence electrons. The van der Waals surface area contributed by atoms with Gasteiger partial charge < -0.3 is 15.6 Å². The molecule has 2 rings (SSSR count). The molecule has 5 heteroatoms. The topological polar surface area (TPSA) is 72.9 Å².